The lowest BCUT2D eigenvalue weighted by Crippen LogP contribution is -2.51. The summed E-state index contributed by atoms with van der Waals surface area (Å²) in [6.45, 7) is 2.88. The molecule has 0 atom stereocenters. The lowest BCUT2D eigenvalue weighted by Gasteiger charge is -2.05. The van der Waals surface area contributed by atoms with Gasteiger partial charge in [-0.2, -0.15) is 9.59 Å². The van der Waals surface area contributed by atoms with Gasteiger partial charge in [-0.25, -0.2) is 0 Å². The van der Waals surface area contributed by atoms with Gasteiger partial charge in [-0.3, -0.25) is 0 Å². The molecule has 0 saturated heterocycles. The van der Waals surface area contributed by atoms with Crippen molar-refractivity contribution in [2.45, 2.75) is 25.7 Å². The predicted molar refractivity (Wildman–Crippen MR) is 165 cm³/mol. The molecular weight excluding hydrogens is 528 g/mol. The second-order valence-electron chi connectivity index (χ2n) is 8.67. The molecule has 8 N–H and O–H groups in total. The molecule has 0 fully saturated rings. The maximum absolute atomic E-state index is 9.97. The van der Waals surface area contributed by atoms with Crippen molar-refractivity contribution in [2.24, 2.45) is 11.5 Å². The Labute approximate surface area is 249 Å². The van der Waals surface area contributed by atoms with Crippen molar-refractivity contribution in [1.29, 1.82) is 0 Å². The predicted octanol–water partition coefficient (Wildman–Crippen LogP) is 2.43. The zero-order valence-corrected chi connectivity index (χ0v) is 24.2. The van der Waals surface area contributed by atoms with Crippen LogP contribution >= 0.6 is 0 Å². The van der Waals surface area contributed by atoms with Crippen LogP contribution in [0.15, 0.2) is 121 Å². The maximum Gasteiger partial charge on any atom is 0.373 e. The van der Waals surface area contributed by atoms with Gasteiger partial charge in [-0.15, -0.1) is 0 Å². The third-order valence-electron chi connectivity index (χ3n) is 5.39. The number of nitrogens with one attached hydrogen (secondary N) is 1. The summed E-state index contributed by atoms with van der Waals surface area (Å²) < 4.78 is 0. The number of amides is 1. The molecule has 4 aromatic rings. The highest BCUT2D eigenvalue weighted by Gasteiger charge is 1.90. The molecule has 224 valence electrons. The molecule has 8 heteroatoms. The first-order valence-corrected chi connectivity index (χ1v) is 13.8. The SMILES string of the molecule is NCCc1ccccc1.NCCc1ccccc1.O=C([O-])NCCc1ccccc1.O=C=O.[NH3+]CCc1ccccc1. The van der Waals surface area contributed by atoms with E-state index in [2.05, 4.69) is 59.6 Å². The second kappa shape index (κ2) is 28.0. The Kier molecular flexibility index (Phi) is 24.9. The Morgan fingerprint density at radius 2 is 0.881 bits per heavy atom. The average Bonchev–Trinajstić information content (AvgIpc) is 3.01. The molecule has 0 heterocycles. The minimum Gasteiger partial charge on any atom is -0.530 e. The van der Waals surface area contributed by atoms with Crippen LogP contribution in [0.3, 0.4) is 0 Å². The van der Waals surface area contributed by atoms with Gasteiger partial charge in [0.1, 0.15) is 6.09 Å². The summed E-state index contributed by atoms with van der Waals surface area (Å²) in [6, 6.07) is 40.6. The molecule has 4 aromatic carbocycles. The number of quaternary nitrogens is 1. The first kappa shape index (κ1) is 37.4. The van der Waals surface area contributed by atoms with E-state index < -0.39 is 6.09 Å². The molecular formula is C34H44N4O4. The van der Waals surface area contributed by atoms with E-state index in [4.69, 9.17) is 21.1 Å². The number of carbonyl (C=O) groups is 1. The van der Waals surface area contributed by atoms with Gasteiger partial charge in [0.15, 0.2) is 0 Å². The maximum atomic E-state index is 9.97. The first-order chi connectivity index (χ1) is 20.5. The Bertz CT molecular complexity index is 1070. The number of hydrogen-bond donors (Lipinski definition) is 4. The van der Waals surface area contributed by atoms with E-state index in [0.29, 0.717) is 13.0 Å². The van der Waals surface area contributed by atoms with Crippen LogP contribution in [0.5, 0.6) is 0 Å². The van der Waals surface area contributed by atoms with Crippen LogP contribution in [-0.2, 0) is 35.3 Å². The van der Waals surface area contributed by atoms with E-state index in [-0.39, 0.29) is 6.15 Å². The second-order valence-corrected chi connectivity index (χ2v) is 8.67. The summed E-state index contributed by atoms with van der Waals surface area (Å²) in [5, 5.41) is 12.2. The molecule has 8 nitrogen and oxygen atoms in total. The fourth-order valence-electron chi connectivity index (χ4n) is 3.43. The van der Waals surface area contributed by atoms with Gasteiger partial charge in [0, 0.05) is 13.0 Å². The third kappa shape index (κ3) is 23.3. The minimum atomic E-state index is -1.22. The Morgan fingerprint density at radius 3 is 1.14 bits per heavy atom. The van der Waals surface area contributed by atoms with Crippen molar-refractivity contribution < 1.29 is 25.2 Å². The van der Waals surface area contributed by atoms with Crippen LogP contribution in [0.2, 0.25) is 0 Å². The van der Waals surface area contributed by atoms with Crippen LogP contribution < -0.4 is 27.6 Å². The van der Waals surface area contributed by atoms with Gasteiger partial charge in [0.2, 0.25) is 0 Å². The molecule has 0 saturated carbocycles. The molecule has 4 rings (SSSR count). The van der Waals surface area contributed by atoms with E-state index in [1.165, 1.54) is 16.7 Å². The van der Waals surface area contributed by atoms with E-state index in [1.807, 2.05) is 72.8 Å². The highest BCUT2D eigenvalue weighted by atomic mass is 16.4. The van der Waals surface area contributed by atoms with Crippen LogP contribution in [0.25, 0.3) is 0 Å². The number of carboxylic acid groups (broad SMARTS) is 1. The molecule has 0 unspecified atom stereocenters. The van der Waals surface area contributed by atoms with Crippen molar-refractivity contribution in [3.63, 3.8) is 0 Å². The summed E-state index contributed by atoms with van der Waals surface area (Å²) >= 11 is 0. The van der Waals surface area contributed by atoms with Gasteiger partial charge in [-0.1, -0.05) is 121 Å². The van der Waals surface area contributed by atoms with Gasteiger partial charge in [-0.05, 0) is 54.6 Å². The normalized spacial score (nSPS) is 8.93. The summed E-state index contributed by atoms with van der Waals surface area (Å²) in [5.74, 6) is 0. The lowest BCUT2D eigenvalue weighted by molar-refractivity contribution is -0.366. The van der Waals surface area contributed by atoms with E-state index in [1.54, 1.807) is 0 Å². The minimum absolute atomic E-state index is 0.250. The molecule has 0 spiro atoms. The number of nitrogens with two attached hydrogens (primary N) is 2. The van der Waals surface area contributed by atoms with Crippen LogP contribution in [0, 0.1) is 0 Å². The molecule has 0 aliphatic carbocycles. The lowest BCUT2D eigenvalue weighted by atomic mass is 10.1. The van der Waals surface area contributed by atoms with Crippen molar-refractivity contribution in [3.8, 4) is 0 Å². The van der Waals surface area contributed by atoms with Gasteiger partial charge >= 0.3 is 6.15 Å². The smallest absolute Gasteiger partial charge is 0.373 e. The average molecular weight is 573 g/mol. The molecule has 1 amide bonds. The third-order valence-corrected chi connectivity index (χ3v) is 5.39. The monoisotopic (exact) mass is 572 g/mol. The Balaban J connectivity index is 0.000000520. The largest absolute Gasteiger partial charge is 0.530 e. The van der Waals surface area contributed by atoms with E-state index in [9.17, 15) is 9.90 Å². The zero-order chi connectivity index (χ0) is 31.1. The fourth-order valence-corrected chi connectivity index (χ4v) is 3.43. The Morgan fingerprint density at radius 1 is 0.595 bits per heavy atom. The van der Waals surface area contributed by atoms with Crippen molar-refractivity contribution in [3.05, 3.63) is 144 Å². The van der Waals surface area contributed by atoms with Crippen molar-refractivity contribution >= 4 is 12.2 Å². The quantitative estimate of drug-likeness (QED) is 0.240. The summed E-state index contributed by atoms with van der Waals surface area (Å²) in [6.07, 6.45) is 2.81. The standard InChI is InChI=1S/C9H11NO2.3C8H11N.CO2/c11-9(12)10-7-6-8-4-2-1-3-5-8;3*9-7-6-8-4-2-1-3-5-8;2-1-3/h1-5,10H,6-7H2,(H,11,12);3*1-5H,6-7,9H2;. The van der Waals surface area contributed by atoms with Crippen LogP contribution in [0.4, 0.5) is 4.79 Å². The number of benzene rings is 4. The van der Waals surface area contributed by atoms with Crippen LogP contribution in [0.1, 0.15) is 22.3 Å². The molecule has 0 aromatic heterocycles. The van der Waals surface area contributed by atoms with Crippen LogP contribution in [-0.4, -0.2) is 38.4 Å². The highest BCUT2D eigenvalue weighted by Crippen LogP contribution is 1.99. The molecule has 0 aliphatic heterocycles. The Hall–Kier alpha value is -4.59. The molecule has 42 heavy (non-hydrogen) atoms. The summed E-state index contributed by atoms with van der Waals surface area (Å²) in [5.41, 5.74) is 19.6. The van der Waals surface area contributed by atoms with Crippen molar-refractivity contribution in [1.82, 2.24) is 5.32 Å². The van der Waals surface area contributed by atoms with E-state index >= 15 is 0 Å². The fraction of sp³-hybridized carbons (Fsp3) is 0.235. The highest BCUT2D eigenvalue weighted by molar-refractivity contribution is 5.61. The molecule has 0 aliphatic rings. The summed E-state index contributed by atoms with van der Waals surface area (Å²) in [7, 11) is 0. The number of hydrogen-bond acceptors (Lipinski definition) is 6. The number of carbonyl (C=O) groups excluding carboxylic acids is 3. The molecule has 0 radical (unpaired) electrons. The number of rotatable bonds is 9. The zero-order valence-electron chi connectivity index (χ0n) is 24.2. The van der Waals surface area contributed by atoms with E-state index in [0.717, 1.165) is 44.5 Å². The summed E-state index contributed by atoms with van der Waals surface area (Å²) in [4.78, 5) is 26.2. The van der Waals surface area contributed by atoms with Crippen molar-refractivity contribution in [2.75, 3.05) is 26.2 Å². The first-order valence-electron chi connectivity index (χ1n) is 13.8. The van der Waals surface area contributed by atoms with Gasteiger partial charge in [0.25, 0.3) is 0 Å². The topological polar surface area (TPSA) is 166 Å². The molecule has 0 bridgehead atoms. The van der Waals surface area contributed by atoms with Gasteiger partial charge in [0.05, 0.1) is 6.54 Å². The van der Waals surface area contributed by atoms with Gasteiger partial charge < -0.3 is 32.4 Å².